The van der Waals surface area contributed by atoms with Crippen molar-refractivity contribution in [1.29, 1.82) is 10.8 Å². The van der Waals surface area contributed by atoms with Crippen molar-refractivity contribution in [2.45, 2.75) is 0 Å². The molecule has 0 fully saturated rings. The van der Waals surface area contributed by atoms with E-state index in [0.717, 1.165) is 6.21 Å². The lowest BCUT2D eigenvalue weighted by molar-refractivity contribution is 0.474. The lowest BCUT2D eigenvalue weighted by Crippen LogP contribution is -1.98. The molecule has 0 spiro atoms. The molecule has 0 aliphatic carbocycles. The molecule has 0 unspecified atom stereocenters. The summed E-state index contributed by atoms with van der Waals surface area (Å²) < 4.78 is 0. The van der Waals surface area contributed by atoms with Gasteiger partial charge in [0.1, 0.15) is 5.75 Å². The molecule has 56 valence electrons. The van der Waals surface area contributed by atoms with Gasteiger partial charge < -0.3 is 10.5 Å². The zero-order chi connectivity index (χ0) is 8.27. The summed E-state index contributed by atoms with van der Waals surface area (Å²) in [5.41, 5.74) is 0.408. The molecule has 0 heterocycles. The number of phenolic OH excluding ortho intramolecular Hbond substituents is 1. The van der Waals surface area contributed by atoms with Gasteiger partial charge in [-0.15, -0.1) is 0 Å². The van der Waals surface area contributed by atoms with E-state index in [1.165, 1.54) is 6.07 Å². The number of phenols is 1. The van der Waals surface area contributed by atoms with E-state index >= 15 is 0 Å². The van der Waals surface area contributed by atoms with Crippen molar-refractivity contribution >= 4 is 11.9 Å². The van der Waals surface area contributed by atoms with E-state index in [1.807, 2.05) is 0 Å². The number of aromatic hydroxyl groups is 1. The summed E-state index contributed by atoms with van der Waals surface area (Å²) in [6.45, 7) is 0. The average Bonchev–Trinajstić information content (AvgIpc) is 2.04. The summed E-state index contributed by atoms with van der Waals surface area (Å²) in [6.07, 6.45) is 0.898. The van der Waals surface area contributed by atoms with Crippen LogP contribution in [-0.4, -0.2) is 17.0 Å². The fourth-order valence-corrected chi connectivity index (χ4v) is 0.779. The third-order valence-corrected chi connectivity index (χ3v) is 1.34. The summed E-state index contributed by atoms with van der Waals surface area (Å²) in [5, 5.41) is 23.2. The molecule has 0 aliphatic rings. The topological polar surface area (TPSA) is 67.9 Å². The van der Waals surface area contributed by atoms with E-state index in [-0.39, 0.29) is 11.5 Å². The zero-order valence-corrected chi connectivity index (χ0v) is 5.83. The predicted octanol–water partition coefficient (Wildman–Crippen LogP) is 1.41. The Morgan fingerprint density at radius 3 is 2.55 bits per heavy atom. The van der Waals surface area contributed by atoms with E-state index in [4.69, 9.17) is 15.9 Å². The van der Waals surface area contributed by atoms with Crippen molar-refractivity contribution in [3.05, 3.63) is 29.8 Å². The fourth-order valence-electron chi connectivity index (χ4n) is 0.779. The monoisotopic (exact) mass is 148 g/mol. The van der Waals surface area contributed by atoms with Crippen molar-refractivity contribution in [3.8, 4) is 5.75 Å². The van der Waals surface area contributed by atoms with Gasteiger partial charge in [0.25, 0.3) is 0 Å². The smallest absolute Gasteiger partial charge is 0.125 e. The molecule has 1 aromatic rings. The number of rotatable bonds is 2. The van der Waals surface area contributed by atoms with Gasteiger partial charge in [-0.05, 0) is 12.1 Å². The molecule has 0 saturated heterocycles. The molecule has 0 aromatic heterocycles. The highest BCUT2D eigenvalue weighted by molar-refractivity contribution is 6.36. The molecule has 1 rings (SSSR count). The predicted molar refractivity (Wildman–Crippen MR) is 43.7 cm³/mol. The molecular formula is C8H8N2O. The van der Waals surface area contributed by atoms with Gasteiger partial charge in [0.2, 0.25) is 0 Å². The number of hydrogen-bond acceptors (Lipinski definition) is 3. The minimum Gasteiger partial charge on any atom is -0.507 e. The fraction of sp³-hybridized carbons (Fsp3) is 0. The van der Waals surface area contributed by atoms with Crippen LogP contribution >= 0.6 is 0 Å². The average molecular weight is 148 g/mol. The number of para-hydroxylation sites is 1. The molecule has 0 atom stereocenters. The second-order valence-corrected chi connectivity index (χ2v) is 2.08. The van der Waals surface area contributed by atoms with Gasteiger partial charge >= 0.3 is 0 Å². The maximum Gasteiger partial charge on any atom is 0.125 e. The Morgan fingerprint density at radius 2 is 2.00 bits per heavy atom. The molecule has 1 aromatic carbocycles. The number of benzene rings is 1. The van der Waals surface area contributed by atoms with Crippen molar-refractivity contribution in [2.24, 2.45) is 0 Å². The van der Waals surface area contributed by atoms with Crippen molar-refractivity contribution in [1.82, 2.24) is 0 Å². The van der Waals surface area contributed by atoms with Crippen LogP contribution in [0.4, 0.5) is 0 Å². The number of hydrogen-bond donors (Lipinski definition) is 3. The van der Waals surface area contributed by atoms with Crippen LogP contribution in [0, 0.1) is 10.8 Å². The van der Waals surface area contributed by atoms with E-state index in [2.05, 4.69) is 0 Å². The second kappa shape index (κ2) is 2.96. The maximum atomic E-state index is 9.17. The normalized spacial score (nSPS) is 9.09. The standard InChI is InChI=1S/C8H8N2O/c9-5-7(10)6-3-1-2-4-8(6)11/h1-5,9-11H. The molecule has 0 amide bonds. The Hall–Kier alpha value is -1.64. The van der Waals surface area contributed by atoms with Gasteiger partial charge in [-0.2, -0.15) is 0 Å². The van der Waals surface area contributed by atoms with Crippen LogP contribution in [0.5, 0.6) is 5.75 Å². The molecule has 0 bridgehead atoms. The van der Waals surface area contributed by atoms with Gasteiger partial charge in [-0.25, -0.2) is 0 Å². The molecule has 3 heteroatoms. The molecule has 0 radical (unpaired) electrons. The first-order valence-corrected chi connectivity index (χ1v) is 3.13. The minimum atomic E-state index is 0.0168. The quantitative estimate of drug-likeness (QED) is 0.545. The van der Waals surface area contributed by atoms with Crippen molar-refractivity contribution in [2.75, 3.05) is 0 Å². The highest BCUT2D eigenvalue weighted by Gasteiger charge is 2.01. The van der Waals surface area contributed by atoms with Crippen LogP contribution in [0.15, 0.2) is 24.3 Å². The Labute approximate surface area is 64.3 Å². The lowest BCUT2D eigenvalue weighted by Gasteiger charge is -1.99. The first-order chi connectivity index (χ1) is 5.25. The van der Waals surface area contributed by atoms with E-state index in [0.29, 0.717) is 5.56 Å². The van der Waals surface area contributed by atoms with E-state index in [9.17, 15) is 0 Å². The van der Waals surface area contributed by atoms with Gasteiger partial charge in [0.05, 0.1) is 5.71 Å². The highest BCUT2D eigenvalue weighted by atomic mass is 16.3. The Kier molecular flexibility index (Phi) is 2.01. The van der Waals surface area contributed by atoms with Gasteiger partial charge in [0.15, 0.2) is 0 Å². The van der Waals surface area contributed by atoms with Crippen LogP contribution in [0.3, 0.4) is 0 Å². The third kappa shape index (κ3) is 1.43. The first-order valence-electron chi connectivity index (χ1n) is 3.13. The molecule has 3 N–H and O–H groups in total. The minimum absolute atomic E-state index is 0.0168. The summed E-state index contributed by atoms with van der Waals surface area (Å²) in [7, 11) is 0. The van der Waals surface area contributed by atoms with E-state index in [1.54, 1.807) is 18.2 Å². The highest BCUT2D eigenvalue weighted by Crippen LogP contribution is 2.14. The van der Waals surface area contributed by atoms with Crippen molar-refractivity contribution in [3.63, 3.8) is 0 Å². The maximum absolute atomic E-state index is 9.17. The third-order valence-electron chi connectivity index (χ3n) is 1.34. The van der Waals surface area contributed by atoms with Gasteiger partial charge in [0, 0.05) is 11.8 Å². The summed E-state index contributed by atoms with van der Waals surface area (Å²) >= 11 is 0. The summed E-state index contributed by atoms with van der Waals surface area (Å²) in [6, 6.07) is 6.49. The van der Waals surface area contributed by atoms with Crippen LogP contribution in [-0.2, 0) is 0 Å². The second-order valence-electron chi connectivity index (χ2n) is 2.08. The molecule has 0 saturated carbocycles. The van der Waals surface area contributed by atoms with Crippen LogP contribution < -0.4 is 0 Å². The summed E-state index contributed by atoms with van der Waals surface area (Å²) in [5.74, 6) is 0.0426. The van der Waals surface area contributed by atoms with Crippen LogP contribution in [0.1, 0.15) is 5.56 Å². The van der Waals surface area contributed by atoms with E-state index < -0.39 is 0 Å². The lowest BCUT2D eigenvalue weighted by atomic mass is 10.1. The van der Waals surface area contributed by atoms with Crippen LogP contribution in [0.2, 0.25) is 0 Å². The van der Waals surface area contributed by atoms with Crippen LogP contribution in [0.25, 0.3) is 0 Å². The van der Waals surface area contributed by atoms with Gasteiger partial charge in [-0.3, -0.25) is 5.41 Å². The Balaban J connectivity index is 3.13. The molecule has 0 aliphatic heterocycles. The Morgan fingerprint density at radius 1 is 1.36 bits per heavy atom. The number of nitrogens with one attached hydrogen (secondary N) is 2. The molecule has 3 nitrogen and oxygen atoms in total. The molecule has 11 heavy (non-hydrogen) atoms. The Bertz CT molecular complexity index is 294. The largest absolute Gasteiger partial charge is 0.507 e. The zero-order valence-electron chi connectivity index (χ0n) is 5.83. The summed E-state index contributed by atoms with van der Waals surface area (Å²) in [4.78, 5) is 0. The molecular weight excluding hydrogens is 140 g/mol. The first kappa shape index (κ1) is 7.47. The van der Waals surface area contributed by atoms with Crippen molar-refractivity contribution < 1.29 is 5.11 Å². The SMILES string of the molecule is N=CC(=N)c1ccccc1O. The van der Waals surface area contributed by atoms with Gasteiger partial charge in [-0.1, -0.05) is 12.1 Å².